The predicted octanol–water partition coefficient (Wildman–Crippen LogP) is 4.24. The summed E-state index contributed by atoms with van der Waals surface area (Å²) in [6.07, 6.45) is 2.45. The number of carbonyl (C=O) groups excluding carboxylic acids is 1. The molecule has 5 N–H and O–H groups in total. The summed E-state index contributed by atoms with van der Waals surface area (Å²) in [6.45, 7) is 2.92. The minimum atomic E-state index is -0.140. The van der Waals surface area contributed by atoms with Gasteiger partial charge in [-0.1, -0.05) is 48.0 Å². The summed E-state index contributed by atoms with van der Waals surface area (Å²) >= 11 is 0. The maximum absolute atomic E-state index is 12.9. The van der Waals surface area contributed by atoms with Gasteiger partial charge in [0.15, 0.2) is 5.96 Å². The number of guanidine groups is 1. The van der Waals surface area contributed by atoms with Crippen LogP contribution in [-0.2, 0) is 11.3 Å². The number of aryl methyl sites for hydroxylation is 1. The Balaban J connectivity index is 1.53. The summed E-state index contributed by atoms with van der Waals surface area (Å²) in [6, 6.07) is 21.9. The van der Waals surface area contributed by atoms with Gasteiger partial charge in [-0.05, 0) is 54.0 Å². The Labute approximate surface area is 187 Å². The van der Waals surface area contributed by atoms with Gasteiger partial charge in [-0.25, -0.2) is 4.99 Å². The molecule has 0 saturated heterocycles. The van der Waals surface area contributed by atoms with E-state index in [0.717, 1.165) is 28.0 Å². The highest BCUT2D eigenvalue weighted by molar-refractivity contribution is 6.07. The first-order valence-electron chi connectivity index (χ1n) is 10.5. The topological polar surface area (TPSA) is 103 Å². The van der Waals surface area contributed by atoms with E-state index in [2.05, 4.69) is 47.6 Å². The summed E-state index contributed by atoms with van der Waals surface area (Å²) in [5, 5.41) is 2.97. The largest absolute Gasteiger partial charge is 0.493 e. The van der Waals surface area contributed by atoms with Crippen LogP contribution in [-0.4, -0.2) is 18.5 Å². The van der Waals surface area contributed by atoms with E-state index >= 15 is 0 Å². The number of rotatable bonds is 5. The number of nitrogens with zero attached hydrogens (tertiary/aromatic N) is 1. The quantitative estimate of drug-likeness (QED) is 0.419. The first kappa shape index (κ1) is 21.2. The maximum Gasteiger partial charge on any atom is 0.251 e. The Kier molecular flexibility index (Phi) is 6.22. The van der Waals surface area contributed by atoms with Gasteiger partial charge in [0.05, 0.1) is 13.2 Å². The van der Waals surface area contributed by atoms with Crippen molar-refractivity contribution in [2.24, 2.45) is 16.5 Å². The van der Waals surface area contributed by atoms with Crippen LogP contribution in [0.2, 0.25) is 0 Å². The Morgan fingerprint density at radius 2 is 1.72 bits per heavy atom. The van der Waals surface area contributed by atoms with Crippen molar-refractivity contribution >= 4 is 23.6 Å². The van der Waals surface area contributed by atoms with Crippen molar-refractivity contribution < 1.29 is 9.53 Å². The van der Waals surface area contributed by atoms with Gasteiger partial charge >= 0.3 is 0 Å². The summed E-state index contributed by atoms with van der Waals surface area (Å²) in [5.41, 5.74) is 17.4. The molecule has 0 spiro atoms. The van der Waals surface area contributed by atoms with Gasteiger partial charge in [0, 0.05) is 23.2 Å². The van der Waals surface area contributed by atoms with Crippen LogP contribution in [0.15, 0.2) is 77.3 Å². The van der Waals surface area contributed by atoms with Crippen LogP contribution in [0.4, 0.5) is 5.69 Å². The molecule has 0 atom stereocenters. The fourth-order valence-electron chi connectivity index (χ4n) is 3.52. The number of carbonyl (C=O) groups is 1. The third-order valence-electron chi connectivity index (χ3n) is 5.30. The van der Waals surface area contributed by atoms with E-state index in [-0.39, 0.29) is 11.9 Å². The van der Waals surface area contributed by atoms with Gasteiger partial charge in [0.1, 0.15) is 5.75 Å². The van der Waals surface area contributed by atoms with Crippen molar-refractivity contribution in [3.05, 3.63) is 89.0 Å². The lowest BCUT2D eigenvalue weighted by atomic mass is 10.00. The fraction of sp³-hybridized carbons (Fsp3) is 0.154. The molecule has 0 aliphatic carbocycles. The molecule has 0 radical (unpaired) electrons. The van der Waals surface area contributed by atoms with Gasteiger partial charge in [0.25, 0.3) is 5.91 Å². The number of nitrogens with two attached hydrogens (primary N) is 2. The van der Waals surface area contributed by atoms with Crippen LogP contribution < -0.4 is 21.5 Å². The standard InChI is InChI=1S/C26H26N4O2/c1-17-2-6-19(7-3-17)20-8-11-24-22(14-20)15-21(12-13-32-24)25(31)30-23-9-4-18(5-10-23)16-29-26(27)28/h2-11,14-15H,12-13,16H2,1H3,(H,30,31)(H4,27,28,29). The highest BCUT2D eigenvalue weighted by atomic mass is 16.5. The third-order valence-corrected chi connectivity index (χ3v) is 5.30. The summed E-state index contributed by atoms with van der Waals surface area (Å²) in [7, 11) is 0. The van der Waals surface area contributed by atoms with Crippen LogP contribution in [0.3, 0.4) is 0 Å². The lowest BCUT2D eigenvalue weighted by Gasteiger charge is -2.09. The summed E-state index contributed by atoms with van der Waals surface area (Å²) in [5.74, 6) is 0.697. The normalized spacial score (nSPS) is 12.6. The molecular formula is C26H26N4O2. The first-order valence-corrected chi connectivity index (χ1v) is 10.5. The number of anilines is 1. The molecule has 1 aliphatic rings. The SMILES string of the molecule is Cc1ccc(-c2ccc3c(c2)C=C(C(=O)Nc2ccc(CN=C(N)N)cc2)CCO3)cc1. The molecule has 6 heteroatoms. The molecule has 0 aromatic heterocycles. The second-order valence-electron chi connectivity index (χ2n) is 7.78. The maximum atomic E-state index is 12.9. The van der Waals surface area contributed by atoms with Gasteiger partial charge in [0.2, 0.25) is 0 Å². The van der Waals surface area contributed by atoms with Crippen LogP contribution in [0, 0.1) is 6.92 Å². The zero-order chi connectivity index (χ0) is 22.5. The average molecular weight is 427 g/mol. The fourth-order valence-corrected chi connectivity index (χ4v) is 3.52. The molecular weight excluding hydrogens is 400 g/mol. The minimum Gasteiger partial charge on any atom is -0.493 e. The van der Waals surface area contributed by atoms with E-state index in [1.807, 2.05) is 42.5 Å². The zero-order valence-electron chi connectivity index (χ0n) is 18.0. The molecule has 162 valence electrons. The Morgan fingerprint density at radius 1 is 1.00 bits per heavy atom. The highest BCUT2D eigenvalue weighted by Gasteiger charge is 2.16. The molecule has 1 heterocycles. The number of benzene rings is 3. The lowest BCUT2D eigenvalue weighted by molar-refractivity contribution is -0.113. The van der Waals surface area contributed by atoms with Crippen molar-refractivity contribution in [1.29, 1.82) is 0 Å². The molecule has 3 aromatic rings. The molecule has 4 rings (SSSR count). The second kappa shape index (κ2) is 9.39. The summed E-state index contributed by atoms with van der Waals surface area (Å²) in [4.78, 5) is 16.9. The number of nitrogens with one attached hydrogen (secondary N) is 1. The van der Waals surface area contributed by atoms with E-state index < -0.39 is 0 Å². The Morgan fingerprint density at radius 3 is 2.44 bits per heavy atom. The van der Waals surface area contributed by atoms with Gasteiger partial charge in [-0.15, -0.1) is 0 Å². The Bertz CT molecular complexity index is 1180. The van der Waals surface area contributed by atoms with Crippen LogP contribution >= 0.6 is 0 Å². The number of hydrogen-bond acceptors (Lipinski definition) is 3. The minimum absolute atomic E-state index is 0.0516. The molecule has 6 nitrogen and oxygen atoms in total. The highest BCUT2D eigenvalue weighted by Crippen LogP contribution is 2.31. The lowest BCUT2D eigenvalue weighted by Crippen LogP contribution is -2.22. The van der Waals surface area contributed by atoms with Crippen molar-refractivity contribution in [3.63, 3.8) is 0 Å². The van der Waals surface area contributed by atoms with E-state index in [9.17, 15) is 4.79 Å². The Hall–Kier alpha value is -4.06. The van der Waals surface area contributed by atoms with Crippen LogP contribution in [0.5, 0.6) is 5.75 Å². The van der Waals surface area contributed by atoms with Gasteiger partial charge in [-0.3, -0.25) is 4.79 Å². The molecule has 32 heavy (non-hydrogen) atoms. The number of amides is 1. The molecule has 0 unspecified atom stereocenters. The third kappa shape index (κ3) is 5.16. The van der Waals surface area contributed by atoms with Gasteiger partial charge in [-0.2, -0.15) is 0 Å². The van der Waals surface area contributed by atoms with E-state index in [4.69, 9.17) is 16.2 Å². The molecule has 3 aromatic carbocycles. The monoisotopic (exact) mass is 426 g/mol. The first-order chi connectivity index (χ1) is 15.5. The molecule has 1 amide bonds. The molecule has 0 fully saturated rings. The number of fused-ring (bicyclic) bond motifs is 1. The van der Waals surface area contributed by atoms with Crippen LogP contribution in [0.25, 0.3) is 17.2 Å². The van der Waals surface area contributed by atoms with Crippen molar-refractivity contribution in [2.75, 3.05) is 11.9 Å². The van der Waals surface area contributed by atoms with Gasteiger partial charge < -0.3 is 21.5 Å². The summed E-state index contributed by atoms with van der Waals surface area (Å²) < 4.78 is 5.89. The van der Waals surface area contributed by atoms with E-state index in [1.54, 1.807) is 0 Å². The average Bonchev–Trinajstić information content (AvgIpc) is 3.01. The van der Waals surface area contributed by atoms with Crippen molar-refractivity contribution in [1.82, 2.24) is 0 Å². The molecule has 0 bridgehead atoms. The van der Waals surface area contributed by atoms with E-state index in [0.29, 0.717) is 30.8 Å². The number of aliphatic imine (C=N–C) groups is 1. The second-order valence-corrected chi connectivity index (χ2v) is 7.78. The smallest absolute Gasteiger partial charge is 0.251 e. The zero-order valence-corrected chi connectivity index (χ0v) is 18.0. The predicted molar refractivity (Wildman–Crippen MR) is 129 cm³/mol. The number of hydrogen-bond donors (Lipinski definition) is 3. The molecule has 0 saturated carbocycles. The van der Waals surface area contributed by atoms with E-state index in [1.165, 1.54) is 5.56 Å². The number of ether oxygens (including phenoxy) is 1. The molecule has 1 aliphatic heterocycles. The van der Waals surface area contributed by atoms with Crippen molar-refractivity contribution in [3.8, 4) is 16.9 Å². The van der Waals surface area contributed by atoms with Crippen molar-refractivity contribution in [2.45, 2.75) is 19.9 Å². The van der Waals surface area contributed by atoms with Crippen LogP contribution in [0.1, 0.15) is 23.1 Å².